The van der Waals surface area contributed by atoms with E-state index >= 15 is 4.79 Å². The van der Waals surface area contributed by atoms with Gasteiger partial charge in [0.05, 0.1) is 6.61 Å². The molecule has 2 aromatic heterocycles. The van der Waals surface area contributed by atoms with Gasteiger partial charge in [0.15, 0.2) is 10.8 Å². The molecule has 0 radical (unpaired) electrons. The average Bonchev–Trinajstić information content (AvgIpc) is 3.57. The van der Waals surface area contributed by atoms with Gasteiger partial charge < -0.3 is 29.7 Å². The Hall–Kier alpha value is -9.12. The van der Waals surface area contributed by atoms with E-state index in [1.807, 2.05) is 152 Å². The summed E-state index contributed by atoms with van der Waals surface area (Å²) in [4.78, 5) is 74.7. The number of esters is 1. The molecule has 10 rings (SSSR count). The largest absolute Gasteiger partial charge is 0.511 e. The maximum absolute atomic E-state index is 15.4. The number of pyridine rings is 1. The molecule has 14 nitrogen and oxygen atoms in total. The van der Waals surface area contributed by atoms with Gasteiger partial charge in [-0.05, 0) is 40.3 Å². The number of thioether (sulfide) groups is 1. The van der Waals surface area contributed by atoms with E-state index in [-0.39, 0.29) is 29.5 Å². The molecule has 0 bridgehead atoms. The third-order valence-electron chi connectivity index (χ3n) is 14.1. The molecule has 0 saturated carbocycles. The molecule has 1 saturated heterocycles. The molecule has 0 aliphatic carbocycles. The van der Waals surface area contributed by atoms with E-state index in [1.54, 1.807) is 36.0 Å². The number of carbonyl (C=O) groups excluding carboxylic acids is 4. The van der Waals surface area contributed by atoms with Crippen molar-refractivity contribution < 1.29 is 38.2 Å². The number of ether oxygens (including phenoxy) is 3. The maximum atomic E-state index is 15.4. The Morgan fingerprint density at radius 1 is 0.707 bits per heavy atom. The number of unbranched alkanes of at least 4 members (excludes halogenated alkanes) is 3. The van der Waals surface area contributed by atoms with E-state index in [0.717, 1.165) is 58.2 Å². The molecular formula is C66H60N6O8S2. The van der Waals surface area contributed by atoms with Crippen LogP contribution in [0.3, 0.4) is 0 Å². The van der Waals surface area contributed by atoms with Crippen LogP contribution in [-0.4, -0.2) is 74.6 Å². The van der Waals surface area contributed by atoms with E-state index in [9.17, 15) is 14.4 Å². The number of aromatic nitrogens is 2. The predicted octanol–water partition coefficient (Wildman–Crippen LogP) is 12.6. The Morgan fingerprint density at radius 3 is 1.78 bits per heavy atom. The number of β-lactam (4-membered cyclic amide) rings is 1. The number of oxime groups is 1. The zero-order chi connectivity index (χ0) is 56.7. The van der Waals surface area contributed by atoms with Gasteiger partial charge in [0, 0.05) is 47.1 Å². The second kappa shape index (κ2) is 26.4. The van der Waals surface area contributed by atoms with Crippen molar-refractivity contribution >= 4 is 64.0 Å². The van der Waals surface area contributed by atoms with E-state index in [4.69, 9.17) is 29.2 Å². The Bertz CT molecular complexity index is 3340. The molecule has 2 N–H and O–H groups in total. The van der Waals surface area contributed by atoms with Gasteiger partial charge in [-0.2, -0.15) is 0 Å². The van der Waals surface area contributed by atoms with Crippen molar-refractivity contribution in [2.24, 2.45) is 5.16 Å². The number of carbonyl (C=O) groups is 4. The lowest BCUT2D eigenvalue weighted by atomic mass is 9.77. The van der Waals surface area contributed by atoms with Gasteiger partial charge in [-0.25, -0.2) is 14.6 Å². The SMILES string of the molecule is CCCCCCOC(=O)OC(C)OC(=O)C1=C(/C=C\c2cccnc2)CS[C@@H]2[C@H](NC(=O)C(=NOC(c3ccccc3)(c3ccccc3)c3ccccc3)c3csc(NC(c4ccccc4)(c4ccccc4)c4ccccc4)n3)C(=O)N12. The Balaban J connectivity index is 1.02. The number of rotatable bonds is 23. The predicted molar refractivity (Wildman–Crippen MR) is 319 cm³/mol. The van der Waals surface area contributed by atoms with E-state index in [2.05, 4.69) is 58.9 Å². The molecule has 16 heteroatoms. The summed E-state index contributed by atoms with van der Waals surface area (Å²) in [5.74, 6) is -2.02. The van der Waals surface area contributed by atoms with Crippen LogP contribution < -0.4 is 10.6 Å². The molecule has 0 spiro atoms. The van der Waals surface area contributed by atoms with Crippen LogP contribution in [0.4, 0.5) is 9.93 Å². The van der Waals surface area contributed by atoms with Crippen LogP contribution in [0.2, 0.25) is 0 Å². The van der Waals surface area contributed by atoms with Crippen molar-refractivity contribution in [3.8, 4) is 0 Å². The first kappa shape index (κ1) is 56.2. The fourth-order valence-corrected chi connectivity index (χ4v) is 12.2. The molecule has 414 valence electrons. The quantitative estimate of drug-likeness (QED) is 0.0118. The van der Waals surface area contributed by atoms with E-state index < -0.39 is 52.8 Å². The number of fused-ring (bicyclic) bond motifs is 1. The van der Waals surface area contributed by atoms with Gasteiger partial charge in [-0.1, -0.05) is 232 Å². The van der Waals surface area contributed by atoms with Gasteiger partial charge in [0.2, 0.25) is 11.9 Å². The van der Waals surface area contributed by atoms with Crippen molar-refractivity contribution in [3.05, 3.63) is 274 Å². The van der Waals surface area contributed by atoms with Crippen molar-refractivity contribution in [2.75, 3.05) is 17.7 Å². The molecule has 4 heterocycles. The van der Waals surface area contributed by atoms with Gasteiger partial charge >= 0.3 is 12.1 Å². The summed E-state index contributed by atoms with van der Waals surface area (Å²) < 4.78 is 16.2. The van der Waals surface area contributed by atoms with Gasteiger partial charge in [-0.3, -0.25) is 19.5 Å². The third kappa shape index (κ3) is 12.3. The molecule has 8 aromatic rings. The monoisotopic (exact) mass is 1130 g/mol. The summed E-state index contributed by atoms with van der Waals surface area (Å²) in [7, 11) is 0. The van der Waals surface area contributed by atoms with Crippen molar-refractivity contribution in [3.63, 3.8) is 0 Å². The second-order valence-corrected chi connectivity index (χ2v) is 21.4. The second-order valence-electron chi connectivity index (χ2n) is 19.4. The van der Waals surface area contributed by atoms with Crippen molar-refractivity contribution in [1.29, 1.82) is 0 Å². The Labute approximate surface area is 484 Å². The van der Waals surface area contributed by atoms with E-state index in [1.165, 1.54) is 34.9 Å². The number of hydrogen-bond donors (Lipinski definition) is 2. The lowest BCUT2D eigenvalue weighted by Crippen LogP contribution is -2.71. The highest BCUT2D eigenvalue weighted by molar-refractivity contribution is 8.00. The number of nitrogens with zero attached hydrogens (tertiary/aromatic N) is 4. The zero-order valence-corrected chi connectivity index (χ0v) is 46.8. The molecule has 82 heavy (non-hydrogen) atoms. The highest BCUT2D eigenvalue weighted by Gasteiger charge is 2.55. The number of allylic oxidation sites excluding steroid dienone is 1. The fraction of sp³-hybridized carbons (Fsp3) is 0.197. The number of hydrogen-bond acceptors (Lipinski definition) is 14. The lowest BCUT2D eigenvalue weighted by molar-refractivity contribution is -0.169. The molecule has 2 aliphatic heterocycles. The first-order valence-corrected chi connectivity index (χ1v) is 29.1. The minimum absolute atomic E-state index is 0.0627. The summed E-state index contributed by atoms with van der Waals surface area (Å²) >= 11 is 2.64. The normalized spacial score (nSPS) is 15.7. The number of benzene rings is 6. The topological polar surface area (TPSA) is 171 Å². The van der Waals surface area contributed by atoms with Gasteiger partial charge in [-0.15, -0.1) is 23.1 Å². The molecule has 3 atom stereocenters. The molecular weight excluding hydrogens is 1070 g/mol. The molecule has 1 unspecified atom stereocenters. The van der Waals surface area contributed by atoms with Crippen LogP contribution in [0.5, 0.6) is 0 Å². The van der Waals surface area contributed by atoms with E-state index in [0.29, 0.717) is 17.1 Å². The maximum Gasteiger partial charge on any atom is 0.511 e. The summed E-state index contributed by atoms with van der Waals surface area (Å²) in [5, 5.41) is 13.1. The van der Waals surface area contributed by atoms with Crippen LogP contribution in [0.15, 0.2) is 234 Å². The Kier molecular flexibility index (Phi) is 18.1. The summed E-state index contributed by atoms with van der Waals surface area (Å²) in [6.07, 6.45) is 8.06. The minimum atomic E-state index is -1.40. The number of thiazole rings is 1. The lowest BCUT2D eigenvalue weighted by Gasteiger charge is -2.49. The number of anilines is 1. The average molecular weight is 1130 g/mol. The number of nitrogens with one attached hydrogen (secondary N) is 2. The van der Waals surface area contributed by atoms with Gasteiger partial charge in [0.1, 0.15) is 28.3 Å². The molecule has 2 amide bonds. The van der Waals surface area contributed by atoms with Crippen molar-refractivity contribution in [2.45, 2.75) is 68.4 Å². The fourth-order valence-electron chi connectivity index (χ4n) is 10.1. The van der Waals surface area contributed by atoms with Crippen LogP contribution in [0.1, 0.15) is 84.2 Å². The summed E-state index contributed by atoms with van der Waals surface area (Å²) in [5.41, 5.74) is 3.78. The van der Waals surface area contributed by atoms with Crippen molar-refractivity contribution in [1.82, 2.24) is 20.2 Å². The first-order valence-electron chi connectivity index (χ1n) is 27.1. The standard InChI is InChI=1S/C66H60N6O8S2/c1-3-4-5-24-42-77-64(76)79-46(2)78-62(75)58-48(40-39-47-26-25-41-67-43-47)44-81-61-57(60(74)72(58)61)69-59(73)56(71-80-66(52-33-18-9-19-34-52,53-35-20-10-21-36-53)54-37-22-11-23-38-54)55-45-82-63(68-55)70-65(49-27-12-6-13-28-49,50-29-14-7-15-30-50)51-31-16-8-17-32-51/h6-23,25-41,43,45-46,57,61H,3-5,24,42,44H2,1-2H3,(H,68,70)(H,69,73)/b40-39-,71-56?/t46?,57-,61-/m1/s1. The smallest absolute Gasteiger partial charge is 0.434 e. The van der Waals surface area contributed by atoms with Crippen LogP contribution in [0.25, 0.3) is 6.08 Å². The van der Waals surface area contributed by atoms with Crippen LogP contribution in [0, 0.1) is 0 Å². The van der Waals surface area contributed by atoms with Crippen LogP contribution in [-0.2, 0) is 44.6 Å². The molecule has 2 aliphatic rings. The van der Waals surface area contributed by atoms with Crippen LogP contribution >= 0.6 is 23.1 Å². The molecule has 1 fully saturated rings. The third-order valence-corrected chi connectivity index (χ3v) is 16.1. The summed E-state index contributed by atoms with van der Waals surface area (Å²) in [6.45, 7) is 3.64. The zero-order valence-electron chi connectivity index (χ0n) is 45.2. The Morgan fingerprint density at radius 2 is 1.26 bits per heavy atom. The number of amides is 2. The molecule has 6 aromatic carbocycles. The van der Waals surface area contributed by atoms with Gasteiger partial charge in [0.25, 0.3) is 11.8 Å². The highest BCUT2D eigenvalue weighted by atomic mass is 32.2. The summed E-state index contributed by atoms with van der Waals surface area (Å²) in [6, 6.07) is 61.7. The highest BCUT2D eigenvalue weighted by Crippen LogP contribution is 2.44. The minimum Gasteiger partial charge on any atom is -0.434 e. The first-order chi connectivity index (χ1) is 40.2.